The van der Waals surface area contributed by atoms with Gasteiger partial charge in [0.15, 0.2) is 5.82 Å². The van der Waals surface area contributed by atoms with Crippen LogP contribution in [0.4, 0.5) is 0 Å². The summed E-state index contributed by atoms with van der Waals surface area (Å²) in [5.41, 5.74) is -0.207. The second kappa shape index (κ2) is 3.19. The Balaban J connectivity index is 2.86. The molecule has 3 heteroatoms. The number of nitrogens with zero attached hydrogens (tertiary/aromatic N) is 2. The van der Waals surface area contributed by atoms with Crippen LogP contribution in [0, 0.1) is 5.41 Å². The molecule has 66 valence electrons. The Morgan fingerprint density at radius 1 is 1.25 bits per heavy atom. The summed E-state index contributed by atoms with van der Waals surface area (Å²) in [6, 6.07) is 1.74. The summed E-state index contributed by atoms with van der Waals surface area (Å²) in [5.74, 6) is 0.491. The second-order valence-corrected chi connectivity index (χ2v) is 3.88. The maximum Gasteiger partial charge on any atom is 0.157 e. The predicted molar refractivity (Wildman–Crippen MR) is 46.4 cm³/mol. The third-order valence-corrected chi connectivity index (χ3v) is 1.65. The van der Waals surface area contributed by atoms with Crippen LogP contribution in [0.5, 0.6) is 0 Å². The SMILES string of the molecule is CC(C)(C)C(O)c1ncccn1. The van der Waals surface area contributed by atoms with Gasteiger partial charge in [-0.3, -0.25) is 0 Å². The minimum atomic E-state index is -0.598. The minimum absolute atomic E-state index is 0.207. The largest absolute Gasteiger partial charge is 0.385 e. The van der Waals surface area contributed by atoms with E-state index in [0.29, 0.717) is 5.82 Å². The molecular formula is C9H14N2O. The van der Waals surface area contributed by atoms with Gasteiger partial charge in [0.1, 0.15) is 6.10 Å². The van der Waals surface area contributed by atoms with E-state index in [-0.39, 0.29) is 5.41 Å². The molecule has 0 saturated carbocycles. The highest BCUT2D eigenvalue weighted by atomic mass is 16.3. The normalized spacial score (nSPS) is 14.3. The van der Waals surface area contributed by atoms with E-state index in [1.54, 1.807) is 18.5 Å². The van der Waals surface area contributed by atoms with Crippen molar-refractivity contribution in [3.05, 3.63) is 24.3 Å². The van der Waals surface area contributed by atoms with Gasteiger partial charge < -0.3 is 5.11 Å². The van der Waals surface area contributed by atoms with Crippen molar-refractivity contribution in [2.45, 2.75) is 26.9 Å². The van der Waals surface area contributed by atoms with E-state index in [4.69, 9.17) is 0 Å². The third-order valence-electron chi connectivity index (χ3n) is 1.65. The second-order valence-electron chi connectivity index (χ2n) is 3.88. The molecule has 0 spiro atoms. The zero-order chi connectivity index (χ0) is 9.19. The average molecular weight is 166 g/mol. The highest BCUT2D eigenvalue weighted by Crippen LogP contribution is 2.29. The number of aliphatic hydroxyl groups is 1. The summed E-state index contributed by atoms with van der Waals surface area (Å²) >= 11 is 0. The van der Waals surface area contributed by atoms with Crippen molar-refractivity contribution >= 4 is 0 Å². The van der Waals surface area contributed by atoms with Gasteiger partial charge >= 0.3 is 0 Å². The fraction of sp³-hybridized carbons (Fsp3) is 0.556. The molecule has 1 N–H and O–H groups in total. The highest BCUT2D eigenvalue weighted by Gasteiger charge is 2.25. The molecule has 1 unspecified atom stereocenters. The van der Waals surface area contributed by atoms with Crippen LogP contribution >= 0.6 is 0 Å². The Kier molecular flexibility index (Phi) is 2.43. The Morgan fingerprint density at radius 3 is 2.17 bits per heavy atom. The van der Waals surface area contributed by atoms with Crippen molar-refractivity contribution in [2.24, 2.45) is 5.41 Å². The molecule has 1 aromatic rings. The van der Waals surface area contributed by atoms with Gasteiger partial charge in [-0.1, -0.05) is 20.8 Å². The molecule has 3 nitrogen and oxygen atoms in total. The Labute approximate surface area is 72.5 Å². The van der Waals surface area contributed by atoms with Crippen LogP contribution in [0.3, 0.4) is 0 Å². The molecule has 0 saturated heterocycles. The van der Waals surface area contributed by atoms with Gasteiger partial charge in [-0.05, 0) is 11.5 Å². The lowest BCUT2D eigenvalue weighted by Gasteiger charge is -2.23. The molecule has 1 atom stereocenters. The zero-order valence-electron chi connectivity index (χ0n) is 7.65. The van der Waals surface area contributed by atoms with Crippen LogP contribution in [-0.2, 0) is 0 Å². The molecule has 1 heterocycles. The van der Waals surface area contributed by atoms with Gasteiger partial charge in [0, 0.05) is 12.4 Å². The molecule has 1 rings (SSSR count). The Bertz CT molecular complexity index is 240. The monoisotopic (exact) mass is 166 g/mol. The van der Waals surface area contributed by atoms with Gasteiger partial charge in [-0.15, -0.1) is 0 Å². The lowest BCUT2D eigenvalue weighted by atomic mass is 9.89. The molecule has 0 radical (unpaired) electrons. The molecule has 0 bridgehead atoms. The van der Waals surface area contributed by atoms with E-state index in [9.17, 15) is 5.11 Å². The van der Waals surface area contributed by atoms with E-state index in [2.05, 4.69) is 9.97 Å². The first-order valence-electron chi connectivity index (χ1n) is 3.97. The van der Waals surface area contributed by atoms with E-state index in [0.717, 1.165) is 0 Å². The fourth-order valence-corrected chi connectivity index (χ4v) is 0.839. The van der Waals surface area contributed by atoms with Gasteiger partial charge in [0.25, 0.3) is 0 Å². The van der Waals surface area contributed by atoms with Crippen molar-refractivity contribution in [1.82, 2.24) is 9.97 Å². The van der Waals surface area contributed by atoms with Gasteiger partial charge in [0.05, 0.1) is 0 Å². The Hall–Kier alpha value is -0.960. The van der Waals surface area contributed by atoms with Crippen LogP contribution in [0.15, 0.2) is 18.5 Å². The molecule has 12 heavy (non-hydrogen) atoms. The summed E-state index contributed by atoms with van der Waals surface area (Å²) in [6.45, 7) is 5.86. The lowest BCUT2D eigenvalue weighted by Crippen LogP contribution is -2.19. The molecular weight excluding hydrogens is 152 g/mol. The van der Waals surface area contributed by atoms with Crippen molar-refractivity contribution in [2.75, 3.05) is 0 Å². The topological polar surface area (TPSA) is 46.0 Å². The lowest BCUT2D eigenvalue weighted by molar-refractivity contribution is 0.0548. The van der Waals surface area contributed by atoms with Crippen LogP contribution < -0.4 is 0 Å². The maximum atomic E-state index is 9.73. The standard InChI is InChI=1S/C9H14N2O/c1-9(2,3)7(12)8-10-5-4-6-11-8/h4-7,12H,1-3H3. The number of aromatic nitrogens is 2. The quantitative estimate of drug-likeness (QED) is 0.688. The molecule has 0 aromatic carbocycles. The van der Waals surface area contributed by atoms with Crippen LogP contribution in [0.1, 0.15) is 32.7 Å². The first kappa shape index (κ1) is 9.13. The van der Waals surface area contributed by atoms with E-state index in [1.165, 1.54) is 0 Å². The van der Waals surface area contributed by atoms with Crippen LogP contribution in [-0.4, -0.2) is 15.1 Å². The smallest absolute Gasteiger partial charge is 0.157 e. The molecule has 0 aliphatic carbocycles. The molecule has 0 fully saturated rings. The third kappa shape index (κ3) is 2.01. The predicted octanol–water partition coefficient (Wildman–Crippen LogP) is 1.56. The summed E-state index contributed by atoms with van der Waals surface area (Å²) in [7, 11) is 0. The number of hydrogen-bond donors (Lipinski definition) is 1. The highest BCUT2D eigenvalue weighted by molar-refractivity contribution is 4.96. The van der Waals surface area contributed by atoms with Crippen molar-refractivity contribution in [3.63, 3.8) is 0 Å². The summed E-state index contributed by atoms with van der Waals surface area (Å²) in [5, 5.41) is 9.73. The molecule has 1 aromatic heterocycles. The minimum Gasteiger partial charge on any atom is -0.385 e. The fourth-order valence-electron chi connectivity index (χ4n) is 0.839. The summed E-state index contributed by atoms with van der Waals surface area (Å²) in [4.78, 5) is 7.97. The zero-order valence-corrected chi connectivity index (χ0v) is 7.65. The number of aliphatic hydroxyl groups excluding tert-OH is 1. The number of rotatable bonds is 1. The van der Waals surface area contributed by atoms with Gasteiger partial charge in [-0.25, -0.2) is 9.97 Å². The molecule has 0 aliphatic heterocycles. The van der Waals surface area contributed by atoms with Crippen molar-refractivity contribution in [1.29, 1.82) is 0 Å². The first-order chi connectivity index (χ1) is 5.52. The Morgan fingerprint density at radius 2 is 1.75 bits per heavy atom. The van der Waals surface area contributed by atoms with Gasteiger partial charge in [0.2, 0.25) is 0 Å². The maximum absolute atomic E-state index is 9.73. The summed E-state index contributed by atoms with van der Waals surface area (Å²) in [6.07, 6.45) is 2.67. The molecule has 0 amide bonds. The van der Waals surface area contributed by atoms with E-state index >= 15 is 0 Å². The average Bonchev–Trinajstić information content (AvgIpc) is 2.03. The van der Waals surface area contributed by atoms with Gasteiger partial charge in [-0.2, -0.15) is 0 Å². The summed E-state index contributed by atoms with van der Waals surface area (Å²) < 4.78 is 0. The van der Waals surface area contributed by atoms with Crippen LogP contribution in [0.2, 0.25) is 0 Å². The van der Waals surface area contributed by atoms with Crippen molar-refractivity contribution < 1.29 is 5.11 Å². The molecule has 0 aliphatic rings. The van der Waals surface area contributed by atoms with E-state index in [1.807, 2.05) is 20.8 Å². The van der Waals surface area contributed by atoms with Crippen molar-refractivity contribution in [3.8, 4) is 0 Å². The van der Waals surface area contributed by atoms with Crippen LogP contribution in [0.25, 0.3) is 0 Å². The van der Waals surface area contributed by atoms with E-state index < -0.39 is 6.10 Å². The first-order valence-corrected chi connectivity index (χ1v) is 3.97. The number of hydrogen-bond acceptors (Lipinski definition) is 3.